The van der Waals surface area contributed by atoms with Crippen molar-refractivity contribution in [1.29, 1.82) is 5.26 Å². The van der Waals surface area contributed by atoms with Gasteiger partial charge >= 0.3 is 0 Å². The first-order valence-corrected chi connectivity index (χ1v) is 6.26. The third kappa shape index (κ3) is 3.80. The Bertz CT molecular complexity index is 735. The molecule has 0 bridgehead atoms. The zero-order valence-corrected chi connectivity index (χ0v) is 11.4. The molecular formula is C15H11N3O4. The molecular weight excluding hydrogens is 286 g/mol. The maximum absolute atomic E-state index is 11.8. The molecule has 0 radical (unpaired) electrons. The summed E-state index contributed by atoms with van der Waals surface area (Å²) in [4.78, 5) is 21.8. The minimum absolute atomic E-state index is 0.0558. The molecule has 2 aromatic rings. The Morgan fingerprint density at radius 2 is 1.91 bits per heavy atom. The molecule has 0 aromatic heterocycles. The Labute approximate surface area is 125 Å². The number of nitro benzene ring substituents is 1. The van der Waals surface area contributed by atoms with Crippen molar-refractivity contribution < 1.29 is 14.5 Å². The first-order chi connectivity index (χ1) is 10.6. The van der Waals surface area contributed by atoms with Crippen molar-refractivity contribution in [2.24, 2.45) is 0 Å². The molecule has 0 saturated carbocycles. The predicted octanol–water partition coefficient (Wildman–Crippen LogP) is 2.48. The van der Waals surface area contributed by atoms with Crippen molar-refractivity contribution in [2.45, 2.75) is 0 Å². The van der Waals surface area contributed by atoms with E-state index in [9.17, 15) is 14.9 Å². The van der Waals surface area contributed by atoms with Crippen molar-refractivity contribution in [1.82, 2.24) is 0 Å². The van der Waals surface area contributed by atoms with Gasteiger partial charge in [0.05, 0.1) is 16.2 Å². The molecule has 0 aliphatic rings. The van der Waals surface area contributed by atoms with Crippen LogP contribution >= 0.6 is 0 Å². The summed E-state index contributed by atoms with van der Waals surface area (Å²) in [6, 6.07) is 14.0. The number of anilines is 1. The Morgan fingerprint density at radius 1 is 1.23 bits per heavy atom. The smallest absolute Gasteiger partial charge is 0.269 e. The van der Waals surface area contributed by atoms with Crippen LogP contribution in [0.2, 0.25) is 0 Å². The SMILES string of the molecule is N#Cc1ccccc1NC(=O)COc1ccc([N+](=O)[O-])cc1. The Kier molecular flexibility index (Phi) is 4.67. The highest BCUT2D eigenvalue weighted by atomic mass is 16.6. The minimum atomic E-state index is -0.519. The molecule has 2 aromatic carbocycles. The van der Waals surface area contributed by atoms with Crippen LogP contribution in [0.5, 0.6) is 5.75 Å². The lowest BCUT2D eigenvalue weighted by Gasteiger charge is -2.08. The van der Waals surface area contributed by atoms with Crippen LogP contribution in [0.3, 0.4) is 0 Å². The number of ether oxygens (including phenoxy) is 1. The zero-order valence-electron chi connectivity index (χ0n) is 11.4. The number of hydrogen-bond acceptors (Lipinski definition) is 5. The van der Waals surface area contributed by atoms with Crippen LogP contribution in [0.1, 0.15) is 5.56 Å². The summed E-state index contributed by atoms with van der Waals surface area (Å²) < 4.78 is 5.23. The van der Waals surface area contributed by atoms with E-state index in [-0.39, 0.29) is 12.3 Å². The van der Waals surface area contributed by atoms with Gasteiger partial charge in [0, 0.05) is 12.1 Å². The molecule has 0 atom stereocenters. The molecule has 0 heterocycles. The normalized spacial score (nSPS) is 9.59. The second-order valence-corrected chi connectivity index (χ2v) is 4.25. The van der Waals surface area contributed by atoms with Gasteiger partial charge in [0.15, 0.2) is 6.61 Å². The van der Waals surface area contributed by atoms with Gasteiger partial charge in [-0.1, -0.05) is 12.1 Å². The number of para-hydroxylation sites is 1. The van der Waals surface area contributed by atoms with Gasteiger partial charge in [0.2, 0.25) is 0 Å². The van der Waals surface area contributed by atoms with Crippen LogP contribution in [0.15, 0.2) is 48.5 Å². The first kappa shape index (κ1) is 15.0. The monoisotopic (exact) mass is 297 g/mol. The van der Waals surface area contributed by atoms with Crippen LogP contribution in [0, 0.1) is 21.4 Å². The average Bonchev–Trinajstić information content (AvgIpc) is 2.54. The highest BCUT2D eigenvalue weighted by Crippen LogP contribution is 2.17. The van der Waals surface area contributed by atoms with Gasteiger partial charge in [-0.25, -0.2) is 0 Å². The quantitative estimate of drug-likeness (QED) is 0.674. The molecule has 0 aliphatic carbocycles. The Morgan fingerprint density at radius 3 is 2.55 bits per heavy atom. The van der Waals surface area contributed by atoms with Crippen molar-refractivity contribution in [3.05, 3.63) is 64.2 Å². The van der Waals surface area contributed by atoms with E-state index in [2.05, 4.69) is 5.32 Å². The summed E-state index contributed by atoms with van der Waals surface area (Å²) in [6.07, 6.45) is 0. The Hall–Kier alpha value is -3.40. The number of carbonyl (C=O) groups is 1. The third-order valence-corrected chi connectivity index (χ3v) is 2.74. The predicted molar refractivity (Wildman–Crippen MR) is 78.4 cm³/mol. The summed E-state index contributed by atoms with van der Waals surface area (Å²) in [6.45, 7) is -0.266. The molecule has 0 aliphatic heterocycles. The van der Waals surface area contributed by atoms with Crippen molar-refractivity contribution in [2.75, 3.05) is 11.9 Å². The van der Waals surface area contributed by atoms with E-state index in [1.54, 1.807) is 24.3 Å². The zero-order chi connectivity index (χ0) is 15.9. The van der Waals surface area contributed by atoms with Crippen LogP contribution in [0.25, 0.3) is 0 Å². The molecule has 22 heavy (non-hydrogen) atoms. The van der Waals surface area contributed by atoms with E-state index in [1.165, 1.54) is 24.3 Å². The van der Waals surface area contributed by atoms with Crippen molar-refractivity contribution >= 4 is 17.3 Å². The number of nitrogens with one attached hydrogen (secondary N) is 1. The minimum Gasteiger partial charge on any atom is -0.484 e. The number of non-ortho nitro benzene ring substituents is 1. The van der Waals surface area contributed by atoms with Crippen molar-refractivity contribution in [3.63, 3.8) is 0 Å². The number of nitriles is 1. The van der Waals surface area contributed by atoms with Gasteiger partial charge in [-0.15, -0.1) is 0 Å². The lowest BCUT2D eigenvalue weighted by Crippen LogP contribution is -2.20. The molecule has 110 valence electrons. The Balaban J connectivity index is 1.93. The maximum atomic E-state index is 11.8. The summed E-state index contributed by atoms with van der Waals surface area (Å²) in [5, 5.41) is 22.0. The second kappa shape index (κ2) is 6.85. The molecule has 0 saturated heterocycles. The first-order valence-electron chi connectivity index (χ1n) is 6.26. The van der Waals surface area contributed by atoms with E-state index in [4.69, 9.17) is 10.00 Å². The number of amides is 1. The number of carbonyl (C=O) groups excluding carboxylic acids is 1. The number of nitro groups is 1. The van der Waals surface area contributed by atoms with Crippen LogP contribution in [-0.4, -0.2) is 17.4 Å². The van der Waals surface area contributed by atoms with Crippen LogP contribution < -0.4 is 10.1 Å². The fourth-order valence-electron chi connectivity index (χ4n) is 1.69. The van der Waals surface area contributed by atoms with Crippen LogP contribution in [0.4, 0.5) is 11.4 Å². The van der Waals surface area contributed by atoms with Crippen molar-refractivity contribution in [3.8, 4) is 11.8 Å². The van der Waals surface area contributed by atoms with Gasteiger partial charge in [0.1, 0.15) is 11.8 Å². The molecule has 7 nitrogen and oxygen atoms in total. The summed E-state index contributed by atoms with van der Waals surface area (Å²) in [5.41, 5.74) is 0.702. The molecule has 0 fully saturated rings. The van der Waals surface area contributed by atoms with Gasteiger partial charge in [-0.05, 0) is 24.3 Å². The largest absolute Gasteiger partial charge is 0.484 e. The molecule has 7 heteroatoms. The maximum Gasteiger partial charge on any atom is 0.269 e. The second-order valence-electron chi connectivity index (χ2n) is 4.25. The topological polar surface area (TPSA) is 105 Å². The lowest BCUT2D eigenvalue weighted by molar-refractivity contribution is -0.384. The highest BCUT2D eigenvalue weighted by Gasteiger charge is 2.08. The molecule has 2 rings (SSSR count). The standard InChI is InChI=1S/C15H11N3O4/c16-9-11-3-1-2-4-14(11)17-15(19)10-22-13-7-5-12(6-8-13)18(20)21/h1-8H,10H2,(H,17,19). The lowest BCUT2D eigenvalue weighted by atomic mass is 10.2. The number of rotatable bonds is 5. The van der Waals surface area contributed by atoms with E-state index in [0.717, 1.165) is 0 Å². The highest BCUT2D eigenvalue weighted by molar-refractivity contribution is 5.93. The van der Waals surface area contributed by atoms with Gasteiger partial charge < -0.3 is 10.1 Å². The van der Waals surface area contributed by atoms with Gasteiger partial charge in [-0.3, -0.25) is 14.9 Å². The summed E-state index contributed by atoms with van der Waals surface area (Å²) >= 11 is 0. The van der Waals surface area contributed by atoms with Crippen LogP contribution in [-0.2, 0) is 4.79 Å². The van der Waals surface area contributed by atoms with E-state index in [0.29, 0.717) is 17.0 Å². The van der Waals surface area contributed by atoms with E-state index < -0.39 is 10.8 Å². The third-order valence-electron chi connectivity index (χ3n) is 2.74. The molecule has 1 amide bonds. The fourth-order valence-corrected chi connectivity index (χ4v) is 1.69. The number of hydrogen-bond donors (Lipinski definition) is 1. The molecule has 1 N–H and O–H groups in total. The van der Waals surface area contributed by atoms with Gasteiger partial charge in [-0.2, -0.15) is 5.26 Å². The average molecular weight is 297 g/mol. The molecule has 0 unspecified atom stereocenters. The summed E-state index contributed by atoms with van der Waals surface area (Å²) in [5.74, 6) is -0.0876. The van der Waals surface area contributed by atoms with E-state index >= 15 is 0 Å². The molecule has 0 spiro atoms. The number of benzene rings is 2. The number of nitrogens with zero attached hydrogens (tertiary/aromatic N) is 2. The summed E-state index contributed by atoms with van der Waals surface area (Å²) in [7, 11) is 0. The fraction of sp³-hybridized carbons (Fsp3) is 0.0667. The van der Waals surface area contributed by atoms with Gasteiger partial charge in [0.25, 0.3) is 11.6 Å². The van der Waals surface area contributed by atoms with E-state index in [1.807, 2.05) is 6.07 Å².